The van der Waals surface area contributed by atoms with Gasteiger partial charge < -0.3 is 29.6 Å². The Morgan fingerprint density at radius 3 is 2.57 bits per heavy atom. The molecule has 0 spiro atoms. The van der Waals surface area contributed by atoms with Crippen LogP contribution < -0.4 is 0 Å². The van der Waals surface area contributed by atoms with Crippen LogP contribution in [0, 0.1) is 0 Å². The van der Waals surface area contributed by atoms with E-state index in [1.165, 1.54) is 0 Å². The lowest BCUT2D eigenvalue weighted by Crippen LogP contribution is -2.50. The second kappa shape index (κ2) is 6.44. The lowest BCUT2D eigenvalue weighted by molar-refractivity contribution is -0.208. The number of rotatable bonds is 1. The third kappa shape index (κ3) is 2.40. The highest BCUT2D eigenvalue weighted by molar-refractivity contribution is 6.32. The Kier molecular flexibility index (Phi) is 3.90. The molecular weight excluding hydrogens is 404 g/mol. The fourth-order valence-electron chi connectivity index (χ4n) is 4.71. The van der Waals surface area contributed by atoms with Gasteiger partial charge in [0.1, 0.15) is 18.3 Å². The topological polar surface area (TPSA) is 90.6 Å². The number of aromatic amines is 1. The maximum atomic E-state index is 10.8. The third-order valence-corrected chi connectivity index (χ3v) is 6.37. The van der Waals surface area contributed by atoms with Gasteiger partial charge in [-0.1, -0.05) is 41.9 Å². The van der Waals surface area contributed by atoms with Crippen molar-refractivity contribution in [3.63, 3.8) is 0 Å². The molecule has 7 heteroatoms. The van der Waals surface area contributed by atoms with E-state index in [2.05, 4.69) is 17.1 Å². The van der Waals surface area contributed by atoms with Gasteiger partial charge in [0.25, 0.3) is 0 Å². The zero-order valence-electron chi connectivity index (χ0n) is 15.8. The SMILES string of the molecule is O[C@@H]1[C@H](O)[C@@H](O)CO[C@H]1n1c2ccccc2c2ccc3c4cc(Cl)ccc4[nH]c3c21. The Balaban J connectivity index is 1.75. The molecule has 3 heterocycles. The summed E-state index contributed by atoms with van der Waals surface area (Å²) in [5.41, 5.74) is 3.61. The molecule has 30 heavy (non-hydrogen) atoms. The minimum Gasteiger partial charge on any atom is -0.388 e. The first-order valence-corrected chi connectivity index (χ1v) is 10.2. The van der Waals surface area contributed by atoms with Gasteiger partial charge in [0.2, 0.25) is 0 Å². The van der Waals surface area contributed by atoms with Crippen LogP contribution in [0.15, 0.2) is 54.6 Å². The molecule has 6 rings (SSSR count). The number of hydrogen-bond acceptors (Lipinski definition) is 4. The first-order valence-electron chi connectivity index (χ1n) is 9.83. The van der Waals surface area contributed by atoms with E-state index < -0.39 is 24.5 Å². The summed E-state index contributed by atoms with van der Waals surface area (Å²) < 4.78 is 7.76. The number of nitrogens with zero attached hydrogens (tertiary/aromatic N) is 1. The molecule has 0 bridgehead atoms. The fraction of sp³-hybridized carbons (Fsp3) is 0.217. The molecule has 1 aliphatic heterocycles. The van der Waals surface area contributed by atoms with Crippen LogP contribution in [0.2, 0.25) is 5.02 Å². The van der Waals surface area contributed by atoms with Gasteiger partial charge in [-0.05, 0) is 24.3 Å². The smallest absolute Gasteiger partial charge is 0.163 e. The van der Waals surface area contributed by atoms with E-state index in [0.717, 1.165) is 43.6 Å². The summed E-state index contributed by atoms with van der Waals surface area (Å²) in [4.78, 5) is 3.49. The second-order valence-electron chi connectivity index (χ2n) is 7.86. The summed E-state index contributed by atoms with van der Waals surface area (Å²) >= 11 is 6.24. The van der Waals surface area contributed by atoms with E-state index in [-0.39, 0.29) is 6.61 Å². The van der Waals surface area contributed by atoms with Crippen molar-refractivity contribution < 1.29 is 20.1 Å². The van der Waals surface area contributed by atoms with Crippen molar-refractivity contribution in [3.8, 4) is 0 Å². The molecule has 0 aliphatic carbocycles. The predicted molar refractivity (Wildman–Crippen MR) is 117 cm³/mol. The molecule has 0 unspecified atom stereocenters. The monoisotopic (exact) mass is 422 g/mol. The normalized spacial score (nSPS) is 25.1. The zero-order chi connectivity index (χ0) is 20.6. The van der Waals surface area contributed by atoms with Crippen molar-refractivity contribution >= 4 is 55.2 Å². The number of nitrogens with one attached hydrogen (secondary N) is 1. The zero-order valence-corrected chi connectivity index (χ0v) is 16.5. The van der Waals surface area contributed by atoms with Gasteiger partial charge in [-0.3, -0.25) is 0 Å². The summed E-state index contributed by atoms with van der Waals surface area (Å²) in [6, 6.07) is 17.7. The van der Waals surface area contributed by atoms with Gasteiger partial charge in [-0.25, -0.2) is 0 Å². The molecule has 2 aromatic heterocycles. The highest BCUT2D eigenvalue weighted by Crippen LogP contribution is 2.40. The molecule has 152 valence electrons. The van der Waals surface area contributed by atoms with Crippen LogP contribution in [0.5, 0.6) is 0 Å². The van der Waals surface area contributed by atoms with Crippen molar-refractivity contribution in [2.45, 2.75) is 24.5 Å². The van der Waals surface area contributed by atoms with Crippen LogP contribution in [0.4, 0.5) is 0 Å². The number of benzene rings is 3. The molecule has 4 atom stereocenters. The van der Waals surface area contributed by atoms with Gasteiger partial charge >= 0.3 is 0 Å². The van der Waals surface area contributed by atoms with E-state index in [0.29, 0.717) is 5.02 Å². The average molecular weight is 423 g/mol. The summed E-state index contributed by atoms with van der Waals surface area (Å²) in [6.07, 6.45) is -4.53. The average Bonchev–Trinajstić information content (AvgIpc) is 3.28. The Hall–Kier alpha value is -2.61. The molecule has 1 saturated heterocycles. The van der Waals surface area contributed by atoms with Gasteiger partial charge in [0.05, 0.1) is 23.2 Å². The van der Waals surface area contributed by atoms with Crippen molar-refractivity contribution in [1.82, 2.24) is 9.55 Å². The molecule has 1 fully saturated rings. The number of hydrogen-bond donors (Lipinski definition) is 4. The third-order valence-electron chi connectivity index (χ3n) is 6.13. The summed E-state index contributed by atoms with van der Waals surface area (Å²) in [5, 5.41) is 35.7. The predicted octanol–water partition coefficient (Wildman–Crippen LogP) is 3.69. The molecule has 5 aromatic rings. The maximum Gasteiger partial charge on any atom is 0.163 e. The van der Waals surface area contributed by atoms with E-state index in [4.69, 9.17) is 16.3 Å². The summed E-state index contributed by atoms with van der Waals surface area (Å²) in [5.74, 6) is 0. The quantitative estimate of drug-likeness (QED) is 0.331. The first-order chi connectivity index (χ1) is 14.5. The minimum absolute atomic E-state index is 0.0603. The Labute approximate surface area is 175 Å². The lowest BCUT2D eigenvalue weighted by Gasteiger charge is -2.36. The molecule has 3 aromatic carbocycles. The Bertz CT molecular complexity index is 1440. The number of para-hydroxylation sites is 1. The number of H-pyrrole nitrogens is 1. The highest BCUT2D eigenvalue weighted by Gasteiger charge is 2.40. The molecule has 0 saturated carbocycles. The fourth-order valence-corrected chi connectivity index (χ4v) is 4.88. The molecular formula is C23H19ClN2O4. The standard InChI is InChI=1S/C23H19ClN2O4/c24-11-5-8-16-15(9-11)13-6-7-14-12-3-1-2-4-17(12)26(20(14)19(13)25-16)23-22(29)21(28)18(27)10-30-23/h1-9,18,21-23,25,27-29H,10H2/t18-,21+,22+,23+/m0/s1. The molecule has 0 amide bonds. The molecule has 1 aliphatic rings. The van der Waals surface area contributed by atoms with Crippen molar-refractivity contribution in [2.75, 3.05) is 6.61 Å². The second-order valence-corrected chi connectivity index (χ2v) is 8.30. The van der Waals surface area contributed by atoms with Gasteiger partial charge in [0, 0.05) is 32.1 Å². The van der Waals surface area contributed by atoms with E-state index >= 15 is 0 Å². The van der Waals surface area contributed by atoms with Crippen LogP contribution in [-0.2, 0) is 4.74 Å². The number of aromatic nitrogens is 2. The maximum absolute atomic E-state index is 10.8. The summed E-state index contributed by atoms with van der Waals surface area (Å²) in [6.45, 7) is -0.0603. The van der Waals surface area contributed by atoms with E-state index in [1.807, 2.05) is 47.0 Å². The molecule has 4 N–H and O–H groups in total. The largest absolute Gasteiger partial charge is 0.388 e. The van der Waals surface area contributed by atoms with Crippen LogP contribution >= 0.6 is 11.6 Å². The van der Waals surface area contributed by atoms with Crippen LogP contribution in [-0.4, -0.2) is 49.8 Å². The van der Waals surface area contributed by atoms with Crippen molar-refractivity contribution in [1.29, 1.82) is 0 Å². The van der Waals surface area contributed by atoms with Crippen LogP contribution in [0.25, 0.3) is 43.6 Å². The lowest BCUT2D eigenvalue weighted by atomic mass is 10.0. The molecule has 0 radical (unpaired) electrons. The van der Waals surface area contributed by atoms with Crippen LogP contribution in [0.1, 0.15) is 6.23 Å². The number of halogens is 1. The van der Waals surface area contributed by atoms with Gasteiger partial charge in [-0.2, -0.15) is 0 Å². The van der Waals surface area contributed by atoms with Gasteiger partial charge in [-0.15, -0.1) is 0 Å². The number of ether oxygens (including phenoxy) is 1. The van der Waals surface area contributed by atoms with Gasteiger partial charge in [0.15, 0.2) is 6.23 Å². The number of fused-ring (bicyclic) bond motifs is 7. The number of aliphatic hydroxyl groups excluding tert-OH is 3. The Morgan fingerprint density at radius 2 is 1.70 bits per heavy atom. The molecule has 6 nitrogen and oxygen atoms in total. The van der Waals surface area contributed by atoms with E-state index in [9.17, 15) is 15.3 Å². The van der Waals surface area contributed by atoms with Crippen LogP contribution in [0.3, 0.4) is 0 Å². The van der Waals surface area contributed by atoms with E-state index in [1.54, 1.807) is 0 Å². The van der Waals surface area contributed by atoms with Crippen molar-refractivity contribution in [3.05, 3.63) is 59.6 Å². The number of aliphatic hydroxyl groups is 3. The summed E-state index contributed by atoms with van der Waals surface area (Å²) in [7, 11) is 0. The minimum atomic E-state index is -1.29. The first kappa shape index (κ1) is 18.2. The Morgan fingerprint density at radius 1 is 0.900 bits per heavy atom. The van der Waals surface area contributed by atoms with Crippen molar-refractivity contribution in [2.24, 2.45) is 0 Å². The highest BCUT2D eigenvalue weighted by atomic mass is 35.5.